The van der Waals surface area contributed by atoms with Gasteiger partial charge in [0.2, 0.25) is 0 Å². The average Bonchev–Trinajstić information content (AvgIpc) is 2.48. The molecule has 108 valence electrons. The molecule has 0 aliphatic carbocycles. The number of terminal acetylenes is 1. The molecular weight excluding hydrogens is 326 g/mol. The van der Waals surface area contributed by atoms with Gasteiger partial charge in [-0.05, 0) is 51.3 Å². The smallest absolute Gasteiger partial charge is 0.118 e. The molecule has 0 spiro atoms. The van der Waals surface area contributed by atoms with E-state index in [2.05, 4.69) is 44.9 Å². The van der Waals surface area contributed by atoms with Gasteiger partial charge in [-0.2, -0.15) is 0 Å². The lowest BCUT2D eigenvalue weighted by atomic mass is 9.92. The van der Waals surface area contributed by atoms with Gasteiger partial charge in [0.25, 0.3) is 0 Å². The van der Waals surface area contributed by atoms with E-state index in [1.54, 1.807) is 7.11 Å². The molecule has 0 fully saturated rings. The van der Waals surface area contributed by atoms with Gasteiger partial charge in [0.05, 0.1) is 18.7 Å². The lowest BCUT2D eigenvalue weighted by Crippen LogP contribution is -2.09. The third kappa shape index (κ3) is 3.40. The Morgan fingerprint density at radius 3 is 2.19 bits per heavy atom. The van der Waals surface area contributed by atoms with Crippen molar-refractivity contribution in [2.24, 2.45) is 0 Å². The van der Waals surface area contributed by atoms with Gasteiger partial charge in [0.15, 0.2) is 0 Å². The molecule has 0 saturated heterocycles. The normalized spacial score (nSPS) is 11.6. The third-order valence-corrected chi connectivity index (χ3v) is 4.04. The SMILES string of the molecule is C#CC(c1ccc(OC)cc1)c1ccc(N(C)C)c(Br)c1. The van der Waals surface area contributed by atoms with Crippen molar-refractivity contribution in [1.82, 2.24) is 0 Å². The van der Waals surface area contributed by atoms with Crippen LogP contribution in [0.4, 0.5) is 5.69 Å². The molecule has 0 saturated carbocycles. The molecule has 21 heavy (non-hydrogen) atoms. The van der Waals surface area contributed by atoms with Crippen LogP contribution >= 0.6 is 15.9 Å². The van der Waals surface area contributed by atoms with Gasteiger partial charge in [-0.25, -0.2) is 0 Å². The summed E-state index contributed by atoms with van der Waals surface area (Å²) in [4.78, 5) is 2.06. The Labute approximate surface area is 134 Å². The van der Waals surface area contributed by atoms with Crippen LogP contribution in [0.1, 0.15) is 17.0 Å². The largest absolute Gasteiger partial charge is 0.497 e. The first-order valence-corrected chi connectivity index (χ1v) is 7.43. The molecule has 1 unspecified atom stereocenters. The summed E-state index contributed by atoms with van der Waals surface area (Å²) in [5.41, 5.74) is 3.31. The summed E-state index contributed by atoms with van der Waals surface area (Å²) in [6.45, 7) is 0. The van der Waals surface area contributed by atoms with E-state index >= 15 is 0 Å². The first kappa shape index (κ1) is 15.5. The van der Waals surface area contributed by atoms with Crippen molar-refractivity contribution in [3.63, 3.8) is 0 Å². The zero-order chi connectivity index (χ0) is 15.4. The van der Waals surface area contributed by atoms with Crippen LogP contribution in [-0.4, -0.2) is 21.2 Å². The average molecular weight is 344 g/mol. The lowest BCUT2D eigenvalue weighted by Gasteiger charge is -2.18. The van der Waals surface area contributed by atoms with Crippen LogP contribution in [0.2, 0.25) is 0 Å². The minimum atomic E-state index is -0.0663. The highest BCUT2D eigenvalue weighted by molar-refractivity contribution is 9.10. The second-order valence-corrected chi connectivity index (χ2v) is 5.83. The van der Waals surface area contributed by atoms with Crippen molar-refractivity contribution in [3.05, 3.63) is 58.1 Å². The summed E-state index contributed by atoms with van der Waals surface area (Å²) in [6, 6.07) is 14.1. The Hall–Kier alpha value is -1.92. The van der Waals surface area contributed by atoms with E-state index in [0.29, 0.717) is 0 Å². The van der Waals surface area contributed by atoms with Crippen LogP contribution in [0.3, 0.4) is 0 Å². The number of halogens is 1. The highest BCUT2D eigenvalue weighted by atomic mass is 79.9. The van der Waals surface area contributed by atoms with Gasteiger partial charge in [-0.3, -0.25) is 0 Å². The fourth-order valence-electron chi connectivity index (χ4n) is 2.25. The van der Waals surface area contributed by atoms with Crippen molar-refractivity contribution in [3.8, 4) is 18.1 Å². The fraction of sp³-hybridized carbons (Fsp3) is 0.222. The summed E-state index contributed by atoms with van der Waals surface area (Å²) in [7, 11) is 5.69. The van der Waals surface area contributed by atoms with Gasteiger partial charge in [-0.1, -0.05) is 24.1 Å². The molecule has 3 heteroatoms. The summed E-state index contributed by atoms with van der Waals surface area (Å²) >= 11 is 3.61. The Balaban J connectivity index is 2.37. The Morgan fingerprint density at radius 1 is 1.10 bits per heavy atom. The zero-order valence-corrected chi connectivity index (χ0v) is 14.0. The second-order valence-electron chi connectivity index (χ2n) is 4.98. The van der Waals surface area contributed by atoms with Gasteiger partial charge < -0.3 is 9.64 Å². The maximum Gasteiger partial charge on any atom is 0.118 e. The number of benzene rings is 2. The summed E-state index contributed by atoms with van der Waals surface area (Å²) in [5.74, 6) is 3.64. The van der Waals surface area contributed by atoms with Gasteiger partial charge in [-0.15, -0.1) is 6.42 Å². The van der Waals surface area contributed by atoms with E-state index in [9.17, 15) is 0 Å². The van der Waals surface area contributed by atoms with Crippen LogP contribution in [-0.2, 0) is 0 Å². The van der Waals surface area contributed by atoms with Crippen molar-refractivity contribution in [2.45, 2.75) is 5.92 Å². The van der Waals surface area contributed by atoms with E-state index in [0.717, 1.165) is 27.0 Å². The van der Waals surface area contributed by atoms with Crippen LogP contribution in [0.15, 0.2) is 46.9 Å². The first-order valence-electron chi connectivity index (χ1n) is 6.63. The van der Waals surface area contributed by atoms with E-state index in [1.807, 2.05) is 38.4 Å². The predicted molar refractivity (Wildman–Crippen MR) is 92.1 cm³/mol. The van der Waals surface area contributed by atoms with Crippen molar-refractivity contribution in [2.75, 3.05) is 26.1 Å². The monoisotopic (exact) mass is 343 g/mol. The number of ether oxygens (including phenoxy) is 1. The minimum Gasteiger partial charge on any atom is -0.497 e. The van der Waals surface area contributed by atoms with Crippen molar-refractivity contribution >= 4 is 21.6 Å². The summed E-state index contributed by atoms with van der Waals surface area (Å²) in [5, 5.41) is 0. The first-order chi connectivity index (χ1) is 10.1. The van der Waals surface area contributed by atoms with Gasteiger partial charge in [0, 0.05) is 18.6 Å². The lowest BCUT2D eigenvalue weighted by molar-refractivity contribution is 0.414. The van der Waals surface area contributed by atoms with Gasteiger partial charge >= 0.3 is 0 Å². The van der Waals surface area contributed by atoms with Gasteiger partial charge in [0.1, 0.15) is 5.75 Å². The van der Waals surface area contributed by atoms with Crippen molar-refractivity contribution in [1.29, 1.82) is 0 Å². The predicted octanol–water partition coefficient (Wildman–Crippen LogP) is 4.29. The maximum absolute atomic E-state index is 5.75. The number of hydrogen-bond donors (Lipinski definition) is 0. The number of nitrogens with zero attached hydrogens (tertiary/aromatic N) is 1. The second kappa shape index (κ2) is 6.69. The molecule has 0 aliphatic heterocycles. The summed E-state index contributed by atoms with van der Waals surface area (Å²) in [6.07, 6.45) is 5.75. The molecule has 0 aromatic heterocycles. The molecule has 2 aromatic carbocycles. The van der Waals surface area contributed by atoms with Crippen LogP contribution in [0, 0.1) is 12.3 Å². The molecule has 0 heterocycles. The fourth-order valence-corrected chi connectivity index (χ4v) is 3.00. The van der Waals surface area contributed by atoms with Crippen molar-refractivity contribution < 1.29 is 4.74 Å². The van der Waals surface area contributed by atoms with Crippen LogP contribution < -0.4 is 9.64 Å². The van der Waals surface area contributed by atoms with E-state index in [4.69, 9.17) is 11.2 Å². The molecular formula is C18H18BrNO. The van der Waals surface area contributed by atoms with E-state index in [1.165, 1.54) is 0 Å². The number of hydrogen-bond acceptors (Lipinski definition) is 2. The highest BCUT2D eigenvalue weighted by Crippen LogP contribution is 2.32. The molecule has 1 atom stereocenters. The standard InChI is InChI=1S/C18H18BrNO/c1-5-16(13-6-9-15(21-4)10-7-13)14-8-11-18(20(2)3)17(19)12-14/h1,6-12,16H,2-4H3. The highest BCUT2D eigenvalue weighted by Gasteiger charge is 2.13. The minimum absolute atomic E-state index is 0.0663. The third-order valence-electron chi connectivity index (χ3n) is 3.40. The quantitative estimate of drug-likeness (QED) is 0.768. The van der Waals surface area contributed by atoms with E-state index in [-0.39, 0.29) is 5.92 Å². The Kier molecular flexibility index (Phi) is 4.93. The number of anilines is 1. The molecule has 0 bridgehead atoms. The Morgan fingerprint density at radius 2 is 1.71 bits per heavy atom. The molecule has 0 N–H and O–H groups in total. The summed E-state index contributed by atoms with van der Waals surface area (Å²) < 4.78 is 6.23. The maximum atomic E-state index is 5.75. The zero-order valence-electron chi connectivity index (χ0n) is 12.4. The number of methoxy groups -OCH3 is 1. The molecule has 0 aliphatic rings. The van der Waals surface area contributed by atoms with Crippen LogP contribution in [0.25, 0.3) is 0 Å². The number of rotatable bonds is 4. The molecule has 2 rings (SSSR count). The van der Waals surface area contributed by atoms with E-state index < -0.39 is 0 Å². The van der Waals surface area contributed by atoms with Crippen LogP contribution in [0.5, 0.6) is 5.75 Å². The molecule has 2 aromatic rings. The Bertz CT molecular complexity index is 656. The molecule has 0 radical (unpaired) electrons. The molecule has 2 nitrogen and oxygen atoms in total. The topological polar surface area (TPSA) is 12.5 Å². The molecule has 0 amide bonds.